The van der Waals surface area contributed by atoms with Crippen molar-refractivity contribution in [3.8, 4) is 0 Å². The zero-order valence-corrected chi connectivity index (χ0v) is 13.5. The van der Waals surface area contributed by atoms with E-state index in [0.717, 1.165) is 22.4 Å². The van der Waals surface area contributed by atoms with Crippen molar-refractivity contribution in [2.45, 2.75) is 12.5 Å². The van der Waals surface area contributed by atoms with Crippen LogP contribution in [-0.2, 0) is 6.42 Å². The highest BCUT2D eigenvalue weighted by Gasteiger charge is 2.20. The van der Waals surface area contributed by atoms with Crippen molar-refractivity contribution in [1.29, 1.82) is 0 Å². The number of nitrogens with one attached hydrogen (secondary N) is 2. The molecule has 0 radical (unpaired) electrons. The Bertz CT molecular complexity index is 942. The molecule has 2 aromatic carbocycles. The lowest BCUT2D eigenvalue weighted by atomic mass is 10.1. The molecule has 5 nitrogen and oxygen atoms in total. The molecule has 0 saturated carbocycles. The summed E-state index contributed by atoms with van der Waals surface area (Å²) in [6, 6.07) is 19.2. The minimum Gasteiger partial charge on any atom is -0.472 e. The third kappa shape index (κ3) is 3.30. The van der Waals surface area contributed by atoms with E-state index in [0.29, 0.717) is 12.0 Å². The van der Waals surface area contributed by atoms with Gasteiger partial charge in [0.25, 0.3) is 5.91 Å². The largest absolute Gasteiger partial charge is 0.472 e. The molecule has 2 aromatic heterocycles. The lowest BCUT2D eigenvalue weighted by molar-refractivity contribution is 0.0934. The number of aromatic nitrogens is 2. The van der Waals surface area contributed by atoms with Crippen LogP contribution in [0.3, 0.4) is 0 Å². The topological polar surface area (TPSA) is 70.9 Å². The van der Waals surface area contributed by atoms with E-state index in [1.54, 1.807) is 6.07 Å². The molecule has 1 atom stereocenters. The van der Waals surface area contributed by atoms with E-state index in [2.05, 4.69) is 15.3 Å². The minimum absolute atomic E-state index is 0.185. The Morgan fingerprint density at radius 2 is 1.88 bits per heavy atom. The van der Waals surface area contributed by atoms with Gasteiger partial charge in [-0.15, -0.1) is 0 Å². The van der Waals surface area contributed by atoms with Crippen LogP contribution in [0, 0.1) is 0 Å². The van der Waals surface area contributed by atoms with Crippen LogP contribution in [-0.4, -0.2) is 15.9 Å². The number of fused-ring (bicyclic) bond motifs is 1. The number of imidazole rings is 1. The molecule has 0 aliphatic rings. The fraction of sp³-hybridized carbons (Fsp3) is 0.100. The quantitative estimate of drug-likeness (QED) is 0.583. The van der Waals surface area contributed by atoms with Gasteiger partial charge in [0.1, 0.15) is 12.1 Å². The van der Waals surface area contributed by atoms with Crippen molar-refractivity contribution >= 4 is 16.9 Å². The molecule has 124 valence electrons. The molecule has 0 aliphatic heterocycles. The van der Waals surface area contributed by atoms with Crippen molar-refractivity contribution < 1.29 is 9.21 Å². The maximum atomic E-state index is 12.5. The van der Waals surface area contributed by atoms with E-state index in [9.17, 15) is 4.79 Å². The monoisotopic (exact) mass is 331 g/mol. The number of hydrogen-bond acceptors (Lipinski definition) is 3. The van der Waals surface area contributed by atoms with Crippen LogP contribution in [0.5, 0.6) is 0 Å². The predicted molar refractivity (Wildman–Crippen MR) is 95.2 cm³/mol. The van der Waals surface area contributed by atoms with E-state index >= 15 is 0 Å². The normalized spacial score (nSPS) is 12.2. The minimum atomic E-state index is -0.266. The van der Waals surface area contributed by atoms with E-state index < -0.39 is 0 Å². The molecule has 4 rings (SSSR count). The third-order valence-corrected chi connectivity index (χ3v) is 4.11. The number of amides is 1. The standard InChI is InChI=1S/C20H17N3O2/c24-20(15-10-11-25-13-15)23-18(12-14-6-2-1-3-7-14)19-21-16-8-4-5-9-17(16)22-19/h1-11,13,18H,12H2,(H,21,22)(H,23,24)/t18-/m1/s1. The second kappa shape index (κ2) is 6.65. The molecule has 0 bridgehead atoms. The SMILES string of the molecule is O=C(N[C@H](Cc1ccccc1)c1nc2ccccc2[nH]1)c1ccoc1. The summed E-state index contributed by atoms with van der Waals surface area (Å²) in [6.45, 7) is 0. The van der Waals surface area contributed by atoms with Crippen molar-refractivity contribution in [2.75, 3.05) is 0 Å². The molecule has 0 unspecified atom stereocenters. The average Bonchev–Trinajstić information content (AvgIpc) is 3.31. The summed E-state index contributed by atoms with van der Waals surface area (Å²) in [5.74, 6) is 0.553. The van der Waals surface area contributed by atoms with Crippen LogP contribution >= 0.6 is 0 Å². The van der Waals surface area contributed by atoms with Crippen LogP contribution in [0.25, 0.3) is 11.0 Å². The van der Waals surface area contributed by atoms with Gasteiger partial charge in [0.05, 0.1) is 28.9 Å². The zero-order chi connectivity index (χ0) is 17.1. The Morgan fingerprint density at radius 1 is 1.08 bits per heavy atom. The van der Waals surface area contributed by atoms with Crippen LogP contribution < -0.4 is 5.32 Å². The van der Waals surface area contributed by atoms with Gasteiger partial charge in [-0.3, -0.25) is 4.79 Å². The Labute approximate surface area is 144 Å². The van der Waals surface area contributed by atoms with Gasteiger partial charge in [-0.2, -0.15) is 0 Å². The van der Waals surface area contributed by atoms with Gasteiger partial charge < -0.3 is 14.7 Å². The van der Waals surface area contributed by atoms with Gasteiger partial charge in [-0.25, -0.2) is 4.98 Å². The van der Waals surface area contributed by atoms with Gasteiger partial charge in [-0.05, 0) is 30.2 Å². The summed E-state index contributed by atoms with van der Waals surface area (Å²) in [6.07, 6.45) is 3.57. The smallest absolute Gasteiger partial charge is 0.255 e. The Kier molecular flexibility index (Phi) is 4.04. The first-order valence-electron chi connectivity index (χ1n) is 8.11. The number of rotatable bonds is 5. The fourth-order valence-corrected chi connectivity index (χ4v) is 2.84. The maximum absolute atomic E-state index is 12.5. The van der Waals surface area contributed by atoms with E-state index in [-0.39, 0.29) is 11.9 Å². The maximum Gasteiger partial charge on any atom is 0.255 e. The highest BCUT2D eigenvalue weighted by molar-refractivity contribution is 5.94. The Hall–Kier alpha value is -3.34. The summed E-state index contributed by atoms with van der Waals surface area (Å²) in [4.78, 5) is 20.4. The van der Waals surface area contributed by atoms with Crippen LogP contribution in [0.1, 0.15) is 27.8 Å². The first-order chi connectivity index (χ1) is 12.3. The number of aromatic amines is 1. The van der Waals surface area contributed by atoms with Gasteiger partial charge in [0, 0.05) is 0 Å². The van der Waals surface area contributed by atoms with Gasteiger partial charge in [-0.1, -0.05) is 42.5 Å². The first-order valence-corrected chi connectivity index (χ1v) is 8.11. The molecule has 0 aliphatic carbocycles. The first kappa shape index (κ1) is 15.2. The second-order valence-corrected chi connectivity index (χ2v) is 5.87. The molecular formula is C20H17N3O2. The molecule has 1 amide bonds. The molecule has 0 spiro atoms. The van der Waals surface area contributed by atoms with Crippen LogP contribution in [0.4, 0.5) is 0 Å². The molecule has 5 heteroatoms. The van der Waals surface area contributed by atoms with Crippen molar-refractivity contribution in [1.82, 2.24) is 15.3 Å². The number of carbonyl (C=O) groups excluding carboxylic acids is 1. The Morgan fingerprint density at radius 3 is 2.64 bits per heavy atom. The molecular weight excluding hydrogens is 314 g/mol. The Balaban J connectivity index is 1.66. The number of furan rings is 1. The summed E-state index contributed by atoms with van der Waals surface area (Å²) in [5.41, 5.74) is 3.45. The summed E-state index contributed by atoms with van der Waals surface area (Å²) in [7, 11) is 0. The summed E-state index contributed by atoms with van der Waals surface area (Å²) >= 11 is 0. The molecule has 25 heavy (non-hydrogen) atoms. The van der Waals surface area contributed by atoms with Gasteiger partial charge >= 0.3 is 0 Å². The summed E-state index contributed by atoms with van der Waals surface area (Å²) in [5, 5.41) is 3.05. The van der Waals surface area contributed by atoms with Crippen LogP contribution in [0.15, 0.2) is 77.6 Å². The summed E-state index contributed by atoms with van der Waals surface area (Å²) < 4.78 is 5.00. The highest BCUT2D eigenvalue weighted by Crippen LogP contribution is 2.20. The lowest BCUT2D eigenvalue weighted by Gasteiger charge is -2.16. The van der Waals surface area contributed by atoms with Crippen LogP contribution in [0.2, 0.25) is 0 Å². The van der Waals surface area contributed by atoms with E-state index in [4.69, 9.17) is 4.42 Å². The fourth-order valence-electron chi connectivity index (χ4n) is 2.84. The van der Waals surface area contributed by atoms with Gasteiger partial charge in [0.2, 0.25) is 0 Å². The molecule has 0 fully saturated rings. The second-order valence-electron chi connectivity index (χ2n) is 5.87. The zero-order valence-electron chi connectivity index (χ0n) is 13.5. The number of carbonyl (C=O) groups is 1. The lowest BCUT2D eigenvalue weighted by Crippen LogP contribution is -2.30. The van der Waals surface area contributed by atoms with Crippen molar-refractivity contribution in [2.24, 2.45) is 0 Å². The molecule has 0 saturated heterocycles. The number of benzene rings is 2. The van der Waals surface area contributed by atoms with Crippen molar-refractivity contribution in [3.63, 3.8) is 0 Å². The molecule has 4 aromatic rings. The molecule has 2 N–H and O–H groups in total. The molecule has 2 heterocycles. The van der Waals surface area contributed by atoms with Crippen molar-refractivity contribution in [3.05, 3.63) is 90.1 Å². The van der Waals surface area contributed by atoms with Gasteiger partial charge in [0.15, 0.2) is 0 Å². The number of para-hydroxylation sites is 2. The third-order valence-electron chi connectivity index (χ3n) is 4.11. The number of nitrogens with zero attached hydrogens (tertiary/aromatic N) is 1. The van der Waals surface area contributed by atoms with E-state index in [1.165, 1.54) is 12.5 Å². The highest BCUT2D eigenvalue weighted by atomic mass is 16.3. The number of H-pyrrole nitrogens is 1. The number of hydrogen-bond donors (Lipinski definition) is 2. The predicted octanol–water partition coefficient (Wildman–Crippen LogP) is 3.87. The van der Waals surface area contributed by atoms with E-state index in [1.807, 2.05) is 54.6 Å². The average molecular weight is 331 g/mol.